The van der Waals surface area contributed by atoms with Crippen LogP contribution >= 0.6 is 0 Å². The summed E-state index contributed by atoms with van der Waals surface area (Å²) in [6.45, 7) is 1.69. The van der Waals surface area contributed by atoms with Crippen molar-refractivity contribution >= 4 is 34.1 Å². The Labute approximate surface area is 126 Å². The summed E-state index contributed by atoms with van der Waals surface area (Å²) in [5, 5.41) is 10.4. The smallest absolute Gasteiger partial charge is 0.315 e. The van der Waals surface area contributed by atoms with E-state index in [2.05, 4.69) is 15.8 Å². The maximum Gasteiger partial charge on any atom is 0.315 e. The van der Waals surface area contributed by atoms with Gasteiger partial charge in [-0.1, -0.05) is 41.6 Å². The average molecular weight is 295 g/mol. The van der Waals surface area contributed by atoms with Gasteiger partial charge in [0.1, 0.15) is 5.76 Å². The summed E-state index contributed by atoms with van der Waals surface area (Å²) in [4.78, 5) is 23.8. The van der Waals surface area contributed by atoms with Crippen molar-refractivity contribution in [1.29, 1.82) is 0 Å². The van der Waals surface area contributed by atoms with Crippen LogP contribution in [-0.2, 0) is 9.59 Å². The molecule has 6 heteroatoms. The summed E-state index contributed by atoms with van der Waals surface area (Å²) in [6, 6.07) is 14.6. The molecule has 0 unspecified atom stereocenters. The van der Waals surface area contributed by atoms with Crippen LogP contribution in [0.5, 0.6) is 0 Å². The van der Waals surface area contributed by atoms with Crippen LogP contribution < -0.4 is 10.6 Å². The summed E-state index contributed by atoms with van der Waals surface area (Å²) in [5.41, 5.74) is 0.578. The Balaban J connectivity index is 1.76. The van der Waals surface area contributed by atoms with Gasteiger partial charge in [0.25, 0.3) is 0 Å². The molecule has 0 bridgehead atoms. The number of hydrogen-bond acceptors (Lipinski definition) is 4. The summed E-state index contributed by atoms with van der Waals surface area (Å²) in [6.07, 6.45) is 0. The summed E-state index contributed by atoms with van der Waals surface area (Å²) in [5.74, 6) is -0.821. The molecule has 3 aromatic rings. The van der Waals surface area contributed by atoms with Crippen molar-refractivity contribution in [1.82, 2.24) is 5.16 Å². The largest absolute Gasteiger partial charge is 0.360 e. The van der Waals surface area contributed by atoms with E-state index in [-0.39, 0.29) is 5.82 Å². The highest BCUT2D eigenvalue weighted by Crippen LogP contribution is 2.22. The zero-order valence-corrected chi connectivity index (χ0v) is 11.8. The van der Waals surface area contributed by atoms with E-state index in [1.54, 1.807) is 13.0 Å². The molecular weight excluding hydrogens is 282 g/mol. The van der Waals surface area contributed by atoms with Crippen LogP contribution in [0.3, 0.4) is 0 Å². The molecule has 0 spiro atoms. The van der Waals surface area contributed by atoms with E-state index < -0.39 is 11.8 Å². The number of anilines is 2. The third-order valence-electron chi connectivity index (χ3n) is 3.11. The highest BCUT2D eigenvalue weighted by molar-refractivity contribution is 6.44. The molecule has 0 atom stereocenters. The summed E-state index contributed by atoms with van der Waals surface area (Å²) < 4.78 is 4.82. The van der Waals surface area contributed by atoms with E-state index in [9.17, 15) is 9.59 Å². The number of fused-ring (bicyclic) bond motifs is 1. The van der Waals surface area contributed by atoms with Crippen molar-refractivity contribution in [3.63, 3.8) is 0 Å². The van der Waals surface area contributed by atoms with E-state index in [1.165, 1.54) is 6.07 Å². The molecule has 0 radical (unpaired) electrons. The topological polar surface area (TPSA) is 84.2 Å². The Morgan fingerprint density at radius 1 is 1.00 bits per heavy atom. The summed E-state index contributed by atoms with van der Waals surface area (Å²) in [7, 11) is 0. The first kappa shape index (κ1) is 13.8. The van der Waals surface area contributed by atoms with Crippen molar-refractivity contribution in [2.24, 2.45) is 0 Å². The Hall–Kier alpha value is -3.15. The molecule has 0 aliphatic carbocycles. The Morgan fingerprint density at radius 2 is 1.73 bits per heavy atom. The lowest BCUT2D eigenvalue weighted by Gasteiger charge is -2.08. The monoisotopic (exact) mass is 295 g/mol. The van der Waals surface area contributed by atoms with Gasteiger partial charge in [-0.2, -0.15) is 0 Å². The van der Waals surface area contributed by atoms with Gasteiger partial charge in [-0.15, -0.1) is 0 Å². The number of benzene rings is 2. The maximum absolute atomic E-state index is 12.0. The van der Waals surface area contributed by atoms with E-state index in [1.807, 2.05) is 36.4 Å². The van der Waals surface area contributed by atoms with Crippen LogP contribution in [0.1, 0.15) is 5.76 Å². The van der Waals surface area contributed by atoms with Gasteiger partial charge in [-0.3, -0.25) is 14.9 Å². The molecule has 0 saturated heterocycles. The van der Waals surface area contributed by atoms with Crippen molar-refractivity contribution < 1.29 is 14.1 Å². The quantitative estimate of drug-likeness (QED) is 0.712. The highest BCUT2D eigenvalue weighted by atomic mass is 16.5. The molecule has 0 saturated carbocycles. The van der Waals surface area contributed by atoms with Gasteiger partial charge >= 0.3 is 11.8 Å². The first-order valence-electron chi connectivity index (χ1n) is 6.67. The first-order chi connectivity index (χ1) is 10.6. The minimum Gasteiger partial charge on any atom is -0.360 e. The van der Waals surface area contributed by atoms with Gasteiger partial charge in [0.2, 0.25) is 0 Å². The van der Waals surface area contributed by atoms with Crippen molar-refractivity contribution in [3.05, 3.63) is 54.3 Å². The normalized spacial score (nSPS) is 10.4. The third kappa shape index (κ3) is 2.80. The number of hydrogen-bond donors (Lipinski definition) is 2. The van der Waals surface area contributed by atoms with Crippen molar-refractivity contribution in [3.8, 4) is 0 Å². The Kier molecular flexibility index (Phi) is 3.57. The first-order valence-corrected chi connectivity index (χ1v) is 6.67. The second-order valence-corrected chi connectivity index (χ2v) is 4.76. The van der Waals surface area contributed by atoms with Crippen LogP contribution in [-0.4, -0.2) is 17.0 Å². The number of rotatable bonds is 2. The molecular formula is C16H13N3O3. The fourth-order valence-corrected chi connectivity index (χ4v) is 2.11. The van der Waals surface area contributed by atoms with Gasteiger partial charge in [-0.25, -0.2) is 0 Å². The summed E-state index contributed by atoms with van der Waals surface area (Å²) >= 11 is 0. The molecule has 3 rings (SSSR count). The number of carbonyl (C=O) groups is 2. The van der Waals surface area contributed by atoms with Crippen LogP contribution in [0, 0.1) is 6.92 Å². The number of amides is 2. The number of aromatic nitrogens is 1. The second kappa shape index (κ2) is 5.69. The molecule has 2 amide bonds. The van der Waals surface area contributed by atoms with Crippen molar-refractivity contribution in [2.75, 3.05) is 10.6 Å². The molecule has 0 aliphatic heterocycles. The lowest BCUT2D eigenvalue weighted by atomic mass is 10.1. The van der Waals surface area contributed by atoms with Crippen LogP contribution in [0.4, 0.5) is 11.5 Å². The standard InChI is InChI=1S/C16H13N3O3/c1-10-9-14(19-22-10)18-16(21)15(20)17-13-8-4-6-11-5-2-3-7-12(11)13/h2-9H,1H3,(H,17,20)(H,18,19,21). The number of aryl methyl sites for hydroxylation is 1. The lowest BCUT2D eigenvalue weighted by molar-refractivity contribution is -0.133. The Bertz CT molecular complexity index is 849. The minimum atomic E-state index is -0.804. The molecule has 6 nitrogen and oxygen atoms in total. The zero-order chi connectivity index (χ0) is 15.5. The van der Waals surface area contributed by atoms with Crippen LogP contribution in [0.25, 0.3) is 10.8 Å². The Morgan fingerprint density at radius 3 is 2.50 bits per heavy atom. The predicted molar refractivity (Wildman–Crippen MR) is 82.4 cm³/mol. The third-order valence-corrected chi connectivity index (χ3v) is 3.11. The molecule has 110 valence electrons. The molecule has 2 aromatic carbocycles. The molecule has 1 heterocycles. The second-order valence-electron chi connectivity index (χ2n) is 4.76. The number of nitrogens with zero attached hydrogens (tertiary/aromatic N) is 1. The maximum atomic E-state index is 12.0. The van der Waals surface area contributed by atoms with Gasteiger partial charge in [0.15, 0.2) is 5.82 Å². The van der Waals surface area contributed by atoms with Gasteiger partial charge < -0.3 is 9.84 Å². The van der Waals surface area contributed by atoms with E-state index >= 15 is 0 Å². The lowest BCUT2D eigenvalue weighted by Crippen LogP contribution is -2.29. The van der Waals surface area contributed by atoms with Crippen molar-refractivity contribution in [2.45, 2.75) is 6.92 Å². The van der Waals surface area contributed by atoms with Crippen LogP contribution in [0.2, 0.25) is 0 Å². The number of nitrogens with one attached hydrogen (secondary N) is 2. The SMILES string of the molecule is Cc1cc(NC(=O)C(=O)Nc2cccc3ccccc23)no1. The van der Waals surface area contributed by atoms with E-state index in [0.29, 0.717) is 11.4 Å². The van der Waals surface area contributed by atoms with Gasteiger partial charge in [0, 0.05) is 17.1 Å². The molecule has 22 heavy (non-hydrogen) atoms. The average Bonchev–Trinajstić information content (AvgIpc) is 2.92. The van der Waals surface area contributed by atoms with Crippen LogP contribution in [0.15, 0.2) is 53.1 Å². The predicted octanol–water partition coefficient (Wildman–Crippen LogP) is 2.71. The molecule has 2 N–H and O–H groups in total. The van der Waals surface area contributed by atoms with Gasteiger partial charge in [0.05, 0.1) is 0 Å². The fraction of sp³-hybridized carbons (Fsp3) is 0.0625. The molecule has 1 aromatic heterocycles. The van der Waals surface area contributed by atoms with E-state index in [4.69, 9.17) is 4.52 Å². The zero-order valence-electron chi connectivity index (χ0n) is 11.8. The fourth-order valence-electron chi connectivity index (χ4n) is 2.11. The molecule has 0 aliphatic rings. The number of carbonyl (C=O) groups excluding carboxylic acids is 2. The van der Waals surface area contributed by atoms with Gasteiger partial charge in [-0.05, 0) is 18.4 Å². The molecule has 0 fully saturated rings. The van der Waals surface area contributed by atoms with E-state index in [0.717, 1.165) is 10.8 Å². The minimum absolute atomic E-state index is 0.204. The highest BCUT2D eigenvalue weighted by Gasteiger charge is 2.16.